The van der Waals surface area contributed by atoms with Crippen molar-refractivity contribution in [2.75, 3.05) is 27.2 Å². The van der Waals surface area contributed by atoms with Gasteiger partial charge in [0.05, 0.1) is 6.61 Å². The zero-order valence-electron chi connectivity index (χ0n) is 26.9. The van der Waals surface area contributed by atoms with Crippen LogP contribution < -0.4 is 0 Å². The zero-order chi connectivity index (χ0) is 29.5. The summed E-state index contributed by atoms with van der Waals surface area (Å²) in [5, 5.41) is 0. The van der Waals surface area contributed by atoms with Crippen LogP contribution in [0.4, 0.5) is 0 Å². The molecule has 0 aliphatic heterocycles. The molecule has 0 spiro atoms. The number of allylic oxidation sites excluding steroid dienone is 4. The molecule has 0 saturated heterocycles. The van der Waals surface area contributed by atoms with E-state index >= 15 is 0 Å². The van der Waals surface area contributed by atoms with Gasteiger partial charge in [0.25, 0.3) is 0 Å². The fourth-order valence-electron chi connectivity index (χ4n) is 4.81. The maximum atomic E-state index is 12.4. The van der Waals surface area contributed by atoms with Crippen LogP contribution in [-0.2, 0) is 19.1 Å². The van der Waals surface area contributed by atoms with Crippen LogP contribution in [0.2, 0.25) is 0 Å². The molecule has 0 fully saturated rings. The van der Waals surface area contributed by atoms with Gasteiger partial charge in [0.15, 0.2) is 0 Å². The normalized spacial score (nSPS) is 12.5. The highest BCUT2D eigenvalue weighted by Crippen LogP contribution is 2.18. The van der Waals surface area contributed by atoms with E-state index in [1.807, 2.05) is 21.0 Å². The number of nitrogens with zero attached hydrogens (tertiary/aromatic N) is 1. The molecule has 5 heteroatoms. The van der Waals surface area contributed by atoms with Crippen LogP contribution in [0.3, 0.4) is 0 Å². The molecule has 0 aromatic rings. The third-order valence-corrected chi connectivity index (χ3v) is 7.22. The van der Waals surface area contributed by atoms with Crippen LogP contribution in [0.5, 0.6) is 0 Å². The molecule has 40 heavy (non-hydrogen) atoms. The minimum atomic E-state index is -0.0969. The minimum Gasteiger partial charge on any atom is -0.466 e. The van der Waals surface area contributed by atoms with Crippen molar-refractivity contribution < 1.29 is 19.1 Å². The van der Waals surface area contributed by atoms with Crippen LogP contribution in [0.1, 0.15) is 155 Å². The lowest BCUT2D eigenvalue weighted by atomic mass is 10.0. The molecule has 0 aromatic carbocycles. The highest BCUT2D eigenvalue weighted by Gasteiger charge is 2.14. The van der Waals surface area contributed by atoms with E-state index in [2.05, 4.69) is 36.1 Å². The van der Waals surface area contributed by atoms with Gasteiger partial charge in [-0.3, -0.25) is 9.59 Å². The van der Waals surface area contributed by atoms with E-state index in [0.717, 1.165) is 64.3 Å². The Morgan fingerprint density at radius 1 is 0.625 bits per heavy atom. The maximum absolute atomic E-state index is 12.4. The Labute approximate surface area is 248 Å². The fraction of sp³-hybridized carbons (Fsp3) is 0.829. The topological polar surface area (TPSA) is 55.8 Å². The van der Waals surface area contributed by atoms with Gasteiger partial charge in [0.1, 0.15) is 6.10 Å². The lowest BCUT2D eigenvalue weighted by molar-refractivity contribution is -0.150. The SMILES string of the molecule is CCCCC/C=C\C/C=C\CCCCCCCCCC(CCCCCCC(=O)OCC)OC(=O)CCCN(C)C. The van der Waals surface area contributed by atoms with Crippen LogP contribution in [0.25, 0.3) is 0 Å². The first-order chi connectivity index (χ1) is 19.5. The first-order valence-corrected chi connectivity index (χ1v) is 16.8. The van der Waals surface area contributed by atoms with Gasteiger partial charge >= 0.3 is 11.9 Å². The molecule has 0 heterocycles. The smallest absolute Gasteiger partial charge is 0.306 e. The highest BCUT2D eigenvalue weighted by molar-refractivity contribution is 5.69. The van der Waals surface area contributed by atoms with E-state index in [-0.39, 0.29) is 18.0 Å². The van der Waals surface area contributed by atoms with E-state index in [0.29, 0.717) is 19.4 Å². The summed E-state index contributed by atoms with van der Waals surface area (Å²) >= 11 is 0. The Morgan fingerprint density at radius 2 is 1.15 bits per heavy atom. The van der Waals surface area contributed by atoms with Crippen molar-refractivity contribution in [3.8, 4) is 0 Å². The fourth-order valence-corrected chi connectivity index (χ4v) is 4.81. The number of hydrogen-bond acceptors (Lipinski definition) is 5. The van der Waals surface area contributed by atoms with E-state index < -0.39 is 0 Å². The molecule has 0 aromatic heterocycles. The van der Waals surface area contributed by atoms with Crippen molar-refractivity contribution in [3.05, 3.63) is 24.3 Å². The number of ether oxygens (including phenoxy) is 2. The Balaban J connectivity index is 3.99. The standard InChI is InChI=1S/C35H65NO4/c1-5-7-8-9-10-11-12-13-14-15-16-17-18-19-20-21-24-28-33(40-35(38)31-27-32-36(3)4)29-25-22-23-26-30-34(37)39-6-2/h10-11,13-14,33H,5-9,12,15-32H2,1-4H3/b11-10-,14-13-. The second-order valence-electron chi connectivity index (χ2n) is 11.5. The second-order valence-corrected chi connectivity index (χ2v) is 11.5. The van der Waals surface area contributed by atoms with E-state index in [1.165, 1.54) is 70.6 Å². The van der Waals surface area contributed by atoms with Gasteiger partial charge in [-0.15, -0.1) is 0 Å². The number of carbonyl (C=O) groups is 2. The quantitative estimate of drug-likeness (QED) is 0.0515. The monoisotopic (exact) mass is 563 g/mol. The summed E-state index contributed by atoms with van der Waals surface area (Å²) in [6.07, 6.45) is 33.4. The Morgan fingerprint density at radius 3 is 1.73 bits per heavy atom. The largest absolute Gasteiger partial charge is 0.466 e. The summed E-state index contributed by atoms with van der Waals surface area (Å²) in [5.74, 6) is -0.147. The molecule has 0 aliphatic carbocycles. The molecule has 0 N–H and O–H groups in total. The molecule has 0 amide bonds. The van der Waals surface area contributed by atoms with E-state index in [9.17, 15) is 9.59 Å². The average Bonchev–Trinajstić information content (AvgIpc) is 2.92. The summed E-state index contributed by atoms with van der Waals surface area (Å²) in [7, 11) is 4.06. The number of unbranched alkanes of at least 4 members (excludes halogenated alkanes) is 13. The van der Waals surface area contributed by atoms with Gasteiger partial charge in [-0.2, -0.15) is 0 Å². The lowest BCUT2D eigenvalue weighted by Crippen LogP contribution is -2.20. The molecule has 0 aliphatic rings. The number of esters is 2. The van der Waals surface area contributed by atoms with Crippen LogP contribution in [0, 0.1) is 0 Å². The number of rotatable bonds is 29. The molecule has 0 bridgehead atoms. The number of carbonyl (C=O) groups excluding carboxylic acids is 2. The average molecular weight is 564 g/mol. The van der Waals surface area contributed by atoms with E-state index in [1.54, 1.807) is 0 Å². The third kappa shape index (κ3) is 29.4. The van der Waals surface area contributed by atoms with Crippen molar-refractivity contribution in [2.24, 2.45) is 0 Å². The molecule has 5 nitrogen and oxygen atoms in total. The predicted octanol–water partition coefficient (Wildman–Crippen LogP) is 9.74. The Bertz CT molecular complexity index is 629. The Kier molecular flexibility index (Phi) is 29.1. The summed E-state index contributed by atoms with van der Waals surface area (Å²) in [4.78, 5) is 26.0. The van der Waals surface area contributed by atoms with Crippen LogP contribution >= 0.6 is 0 Å². The molecule has 1 unspecified atom stereocenters. The van der Waals surface area contributed by atoms with Gasteiger partial charge in [0.2, 0.25) is 0 Å². The molecule has 234 valence electrons. The molecule has 1 atom stereocenters. The van der Waals surface area contributed by atoms with Crippen LogP contribution in [0.15, 0.2) is 24.3 Å². The highest BCUT2D eigenvalue weighted by atomic mass is 16.5. The second kappa shape index (κ2) is 30.3. The van der Waals surface area contributed by atoms with Crippen molar-refractivity contribution in [2.45, 2.75) is 161 Å². The van der Waals surface area contributed by atoms with Crippen molar-refractivity contribution in [3.63, 3.8) is 0 Å². The first-order valence-electron chi connectivity index (χ1n) is 16.8. The molecular formula is C35H65NO4. The molecule has 0 saturated carbocycles. The van der Waals surface area contributed by atoms with Crippen molar-refractivity contribution in [1.29, 1.82) is 0 Å². The minimum absolute atomic E-state index is 0.0369. The Hall–Kier alpha value is -1.62. The van der Waals surface area contributed by atoms with Gasteiger partial charge in [-0.05, 0) is 98.2 Å². The molecular weight excluding hydrogens is 498 g/mol. The summed E-state index contributed by atoms with van der Waals surface area (Å²) in [6.45, 7) is 5.46. The third-order valence-electron chi connectivity index (χ3n) is 7.22. The van der Waals surface area contributed by atoms with Gasteiger partial charge in [-0.25, -0.2) is 0 Å². The van der Waals surface area contributed by atoms with Gasteiger partial charge < -0.3 is 14.4 Å². The summed E-state index contributed by atoms with van der Waals surface area (Å²) in [6, 6.07) is 0. The van der Waals surface area contributed by atoms with Crippen molar-refractivity contribution in [1.82, 2.24) is 4.90 Å². The van der Waals surface area contributed by atoms with Crippen molar-refractivity contribution >= 4 is 11.9 Å². The number of hydrogen-bond donors (Lipinski definition) is 0. The summed E-state index contributed by atoms with van der Waals surface area (Å²) in [5.41, 5.74) is 0. The zero-order valence-corrected chi connectivity index (χ0v) is 26.9. The maximum Gasteiger partial charge on any atom is 0.306 e. The molecule has 0 rings (SSSR count). The van der Waals surface area contributed by atoms with E-state index in [4.69, 9.17) is 9.47 Å². The summed E-state index contributed by atoms with van der Waals surface area (Å²) < 4.78 is 10.9. The molecule has 0 radical (unpaired) electrons. The van der Waals surface area contributed by atoms with Crippen LogP contribution in [-0.4, -0.2) is 50.2 Å². The van der Waals surface area contributed by atoms with Gasteiger partial charge in [-0.1, -0.05) is 89.0 Å². The first kappa shape index (κ1) is 38.4. The lowest BCUT2D eigenvalue weighted by Gasteiger charge is -2.18. The predicted molar refractivity (Wildman–Crippen MR) is 171 cm³/mol. The van der Waals surface area contributed by atoms with Gasteiger partial charge in [0, 0.05) is 12.8 Å².